The molecule has 1 aliphatic rings. The normalized spacial score (nSPS) is 11.8. The average molecular weight is 523 g/mol. The minimum atomic E-state index is -0.254. The van der Waals surface area contributed by atoms with Gasteiger partial charge in [0.1, 0.15) is 13.2 Å². The summed E-state index contributed by atoms with van der Waals surface area (Å²) in [6.07, 6.45) is 2.80. The van der Waals surface area contributed by atoms with Gasteiger partial charge in [-0.05, 0) is 33.4 Å². The number of rotatable bonds is 10. The van der Waals surface area contributed by atoms with Crippen molar-refractivity contribution in [2.45, 2.75) is 5.41 Å². The topological polar surface area (TPSA) is 36.9 Å². The van der Waals surface area contributed by atoms with Gasteiger partial charge < -0.3 is 18.9 Å². The molecule has 0 bridgehead atoms. The van der Waals surface area contributed by atoms with E-state index in [1.807, 2.05) is 0 Å². The van der Waals surface area contributed by atoms with Crippen LogP contribution in [0.15, 0.2) is 135 Å². The molecule has 4 aromatic carbocycles. The largest absolute Gasteiger partial charge is 0.499 e. The third-order valence-electron chi connectivity index (χ3n) is 6.41. The highest BCUT2D eigenvalue weighted by atomic mass is 16.5. The molecule has 0 aromatic heterocycles. The zero-order chi connectivity index (χ0) is 27.8. The molecule has 0 atom stereocenters. The SMILES string of the molecule is C=COCCOC.C=COCCOC.c1ccc(C2(c3ccccc3)c3ccccc3-c3ccccc32)cc1. The summed E-state index contributed by atoms with van der Waals surface area (Å²) in [5.74, 6) is 0. The van der Waals surface area contributed by atoms with Gasteiger partial charge in [-0.25, -0.2) is 0 Å². The van der Waals surface area contributed by atoms with Crippen LogP contribution in [0.2, 0.25) is 0 Å². The molecule has 4 aromatic rings. The number of hydrogen-bond acceptors (Lipinski definition) is 4. The summed E-state index contributed by atoms with van der Waals surface area (Å²) in [4.78, 5) is 0. The van der Waals surface area contributed by atoms with Crippen LogP contribution in [0.3, 0.4) is 0 Å². The van der Waals surface area contributed by atoms with E-state index in [1.165, 1.54) is 45.9 Å². The third-order valence-corrected chi connectivity index (χ3v) is 6.41. The Hall–Kier alpha value is -4.12. The Labute approximate surface area is 233 Å². The van der Waals surface area contributed by atoms with Crippen LogP contribution >= 0.6 is 0 Å². The van der Waals surface area contributed by atoms with Gasteiger partial charge in [-0.3, -0.25) is 0 Å². The maximum absolute atomic E-state index is 4.71. The first-order chi connectivity index (χ1) is 19.2. The quantitative estimate of drug-likeness (QED) is 0.140. The van der Waals surface area contributed by atoms with E-state index in [4.69, 9.17) is 9.47 Å². The number of hydrogen-bond donors (Lipinski definition) is 0. The van der Waals surface area contributed by atoms with Crippen LogP contribution in [0, 0.1) is 0 Å². The van der Waals surface area contributed by atoms with Crippen molar-refractivity contribution in [2.24, 2.45) is 0 Å². The van der Waals surface area contributed by atoms with Gasteiger partial charge in [-0.2, -0.15) is 0 Å². The van der Waals surface area contributed by atoms with E-state index >= 15 is 0 Å². The summed E-state index contributed by atoms with van der Waals surface area (Å²) in [5, 5.41) is 0. The molecule has 0 saturated heterocycles. The lowest BCUT2D eigenvalue weighted by Gasteiger charge is -2.33. The molecule has 0 aliphatic heterocycles. The van der Waals surface area contributed by atoms with Crippen molar-refractivity contribution >= 4 is 0 Å². The molecular formula is C35H38O4. The van der Waals surface area contributed by atoms with Crippen molar-refractivity contribution in [3.8, 4) is 11.1 Å². The molecule has 0 fully saturated rings. The number of methoxy groups -OCH3 is 2. The number of fused-ring (bicyclic) bond motifs is 3. The van der Waals surface area contributed by atoms with Crippen LogP contribution in [0.4, 0.5) is 0 Å². The molecule has 0 heterocycles. The van der Waals surface area contributed by atoms with Gasteiger partial charge in [0.2, 0.25) is 0 Å². The van der Waals surface area contributed by atoms with Gasteiger partial charge >= 0.3 is 0 Å². The second-order valence-corrected chi connectivity index (χ2v) is 8.63. The van der Waals surface area contributed by atoms with E-state index in [1.54, 1.807) is 14.2 Å². The average Bonchev–Trinajstić information content (AvgIpc) is 3.31. The van der Waals surface area contributed by atoms with Gasteiger partial charge in [0, 0.05) is 14.2 Å². The van der Waals surface area contributed by atoms with Crippen molar-refractivity contribution < 1.29 is 18.9 Å². The van der Waals surface area contributed by atoms with Crippen LogP contribution in [-0.4, -0.2) is 40.6 Å². The monoisotopic (exact) mass is 522 g/mol. The zero-order valence-corrected chi connectivity index (χ0v) is 22.9. The van der Waals surface area contributed by atoms with Crippen molar-refractivity contribution in [3.05, 3.63) is 157 Å². The van der Waals surface area contributed by atoms with E-state index in [-0.39, 0.29) is 5.41 Å². The minimum Gasteiger partial charge on any atom is -0.499 e. The van der Waals surface area contributed by atoms with Crippen LogP contribution in [0.25, 0.3) is 11.1 Å². The molecular weight excluding hydrogens is 484 g/mol. The van der Waals surface area contributed by atoms with Gasteiger partial charge in [0.25, 0.3) is 0 Å². The van der Waals surface area contributed by atoms with Crippen LogP contribution in [0.5, 0.6) is 0 Å². The summed E-state index contributed by atoms with van der Waals surface area (Å²) in [5.41, 5.74) is 7.80. The Morgan fingerprint density at radius 3 is 1.23 bits per heavy atom. The minimum absolute atomic E-state index is 0.254. The number of benzene rings is 4. The summed E-state index contributed by atoms with van der Waals surface area (Å²) >= 11 is 0. The fourth-order valence-corrected chi connectivity index (χ4v) is 4.83. The van der Waals surface area contributed by atoms with E-state index in [0.717, 1.165) is 0 Å². The first-order valence-electron chi connectivity index (χ1n) is 13.0. The molecule has 39 heavy (non-hydrogen) atoms. The van der Waals surface area contributed by atoms with E-state index < -0.39 is 0 Å². The van der Waals surface area contributed by atoms with Crippen LogP contribution in [0.1, 0.15) is 22.3 Å². The zero-order valence-electron chi connectivity index (χ0n) is 22.9. The van der Waals surface area contributed by atoms with Gasteiger partial charge in [-0.15, -0.1) is 0 Å². The molecule has 5 rings (SSSR count). The summed E-state index contributed by atoms with van der Waals surface area (Å²) in [7, 11) is 3.26. The second-order valence-electron chi connectivity index (χ2n) is 8.63. The second kappa shape index (κ2) is 16.0. The predicted octanol–water partition coefficient (Wildman–Crippen LogP) is 7.64. The van der Waals surface area contributed by atoms with E-state index in [0.29, 0.717) is 26.4 Å². The number of ether oxygens (including phenoxy) is 4. The molecule has 4 nitrogen and oxygen atoms in total. The fraction of sp³-hybridized carbons (Fsp3) is 0.200. The summed E-state index contributed by atoms with van der Waals surface area (Å²) in [6, 6.07) is 39.5. The first-order valence-corrected chi connectivity index (χ1v) is 13.0. The first kappa shape index (κ1) is 29.4. The molecule has 0 unspecified atom stereocenters. The molecule has 0 amide bonds. The highest BCUT2D eigenvalue weighted by molar-refractivity contribution is 5.86. The molecule has 1 aliphatic carbocycles. The lowest BCUT2D eigenvalue weighted by Crippen LogP contribution is -2.28. The molecule has 4 heteroatoms. The summed E-state index contributed by atoms with van der Waals surface area (Å²) < 4.78 is 18.8. The highest BCUT2D eigenvalue weighted by Crippen LogP contribution is 2.55. The van der Waals surface area contributed by atoms with Crippen molar-refractivity contribution in [3.63, 3.8) is 0 Å². The van der Waals surface area contributed by atoms with Crippen LogP contribution < -0.4 is 0 Å². The highest BCUT2D eigenvalue weighted by Gasteiger charge is 2.45. The fourth-order valence-electron chi connectivity index (χ4n) is 4.83. The molecule has 0 saturated carbocycles. The molecule has 0 spiro atoms. The maximum Gasteiger partial charge on any atom is 0.111 e. The van der Waals surface area contributed by atoms with Crippen LogP contribution in [-0.2, 0) is 24.4 Å². The summed E-state index contributed by atoms with van der Waals surface area (Å²) in [6.45, 7) is 9.17. The van der Waals surface area contributed by atoms with Crippen molar-refractivity contribution in [1.82, 2.24) is 0 Å². The molecule has 0 N–H and O–H groups in total. The lowest BCUT2D eigenvalue weighted by atomic mass is 9.68. The van der Waals surface area contributed by atoms with Gasteiger partial charge in [0.15, 0.2) is 0 Å². The van der Waals surface area contributed by atoms with Gasteiger partial charge in [0.05, 0.1) is 31.2 Å². The van der Waals surface area contributed by atoms with Crippen molar-refractivity contribution in [2.75, 3.05) is 40.6 Å². The Bertz CT molecular complexity index is 1170. The standard InChI is InChI=1S/C25H18.2C5H10O2/c1-3-11-19(12-4-1)25(20-13-5-2-6-14-20)23-17-9-7-15-21(23)22-16-8-10-18-24(22)25;2*1-3-7-5-4-6-2/h1-18H;2*3H,1,4-5H2,2H3. The molecule has 0 radical (unpaired) electrons. The lowest BCUT2D eigenvalue weighted by molar-refractivity contribution is 0.124. The van der Waals surface area contributed by atoms with Gasteiger partial charge in [-0.1, -0.05) is 122 Å². The molecule has 202 valence electrons. The Morgan fingerprint density at radius 1 is 0.513 bits per heavy atom. The third kappa shape index (κ3) is 7.05. The van der Waals surface area contributed by atoms with Crippen molar-refractivity contribution in [1.29, 1.82) is 0 Å². The predicted molar refractivity (Wildman–Crippen MR) is 160 cm³/mol. The maximum atomic E-state index is 4.71. The Morgan fingerprint density at radius 2 is 0.872 bits per heavy atom. The smallest absolute Gasteiger partial charge is 0.111 e. The Kier molecular flexibility index (Phi) is 12.1. The van der Waals surface area contributed by atoms with E-state index in [9.17, 15) is 0 Å². The Balaban J connectivity index is 0.000000251. The van der Waals surface area contributed by atoms with E-state index in [2.05, 4.69) is 132 Å².